The number of rotatable bonds is 7. The number of primary amides is 1. The van der Waals surface area contributed by atoms with Crippen LogP contribution in [0.4, 0.5) is 5.69 Å². The van der Waals surface area contributed by atoms with Gasteiger partial charge in [-0.3, -0.25) is 14.5 Å². The minimum absolute atomic E-state index is 0.0528. The maximum absolute atomic E-state index is 12.2. The first-order valence-corrected chi connectivity index (χ1v) is 10.7. The molecule has 28 heavy (non-hydrogen) atoms. The molecule has 5 nitrogen and oxygen atoms in total. The molecule has 7 heteroatoms. The normalized spacial score (nSPS) is 17.2. The number of hydrogen-bond donors (Lipinski definition) is 2. The first-order chi connectivity index (χ1) is 13.5. The quantitative estimate of drug-likeness (QED) is 0.672. The molecule has 0 radical (unpaired) electrons. The van der Waals surface area contributed by atoms with Gasteiger partial charge in [-0.1, -0.05) is 35.9 Å². The van der Waals surface area contributed by atoms with E-state index in [1.807, 2.05) is 48.5 Å². The Hall–Kier alpha value is -2.02. The molecule has 2 aromatic carbocycles. The van der Waals surface area contributed by atoms with E-state index in [1.54, 1.807) is 0 Å². The molecule has 0 saturated carbocycles. The van der Waals surface area contributed by atoms with Gasteiger partial charge in [-0.2, -0.15) is 0 Å². The molecule has 0 aliphatic carbocycles. The van der Waals surface area contributed by atoms with Gasteiger partial charge in [-0.05, 0) is 49.2 Å². The monoisotopic (exact) mass is 417 g/mol. The van der Waals surface area contributed by atoms with Crippen LogP contribution < -0.4 is 11.1 Å². The Morgan fingerprint density at radius 1 is 1.18 bits per heavy atom. The van der Waals surface area contributed by atoms with Crippen molar-refractivity contribution in [2.24, 2.45) is 11.7 Å². The van der Waals surface area contributed by atoms with E-state index < -0.39 is 0 Å². The van der Waals surface area contributed by atoms with E-state index in [1.165, 1.54) is 11.8 Å². The highest BCUT2D eigenvalue weighted by Crippen LogP contribution is 2.26. The smallest absolute Gasteiger partial charge is 0.234 e. The molecular weight excluding hydrogens is 394 g/mol. The fourth-order valence-electron chi connectivity index (χ4n) is 3.29. The van der Waals surface area contributed by atoms with Crippen LogP contribution in [0.5, 0.6) is 0 Å². The SMILES string of the molecule is NC(=O)[C@H]1CCCN(Cc2ccc(NC(=O)CSc3ccccc3Cl)cc2)C1. The molecular formula is C21H24ClN3O2S. The van der Waals surface area contributed by atoms with Crippen molar-refractivity contribution in [3.63, 3.8) is 0 Å². The van der Waals surface area contributed by atoms with Crippen molar-refractivity contribution < 1.29 is 9.59 Å². The van der Waals surface area contributed by atoms with Crippen LogP contribution >= 0.6 is 23.4 Å². The Bertz CT molecular complexity index is 829. The molecule has 0 aromatic heterocycles. The number of benzene rings is 2. The summed E-state index contributed by atoms with van der Waals surface area (Å²) in [7, 11) is 0. The lowest BCUT2D eigenvalue weighted by Gasteiger charge is -2.31. The van der Waals surface area contributed by atoms with E-state index in [2.05, 4.69) is 10.2 Å². The molecule has 1 saturated heterocycles. The van der Waals surface area contributed by atoms with Crippen molar-refractivity contribution in [2.75, 3.05) is 24.2 Å². The van der Waals surface area contributed by atoms with Crippen molar-refractivity contribution in [1.29, 1.82) is 0 Å². The van der Waals surface area contributed by atoms with Crippen molar-refractivity contribution in [3.8, 4) is 0 Å². The fourth-order valence-corrected chi connectivity index (χ4v) is 4.32. The van der Waals surface area contributed by atoms with Gasteiger partial charge in [0.1, 0.15) is 0 Å². The van der Waals surface area contributed by atoms with Gasteiger partial charge < -0.3 is 11.1 Å². The van der Waals surface area contributed by atoms with Crippen molar-refractivity contribution in [3.05, 3.63) is 59.1 Å². The van der Waals surface area contributed by atoms with Gasteiger partial charge in [0, 0.05) is 23.7 Å². The average molecular weight is 418 g/mol. The van der Waals surface area contributed by atoms with Crippen LogP contribution in [-0.4, -0.2) is 35.6 Å². The highest BCUT2D eigenvalue weighted by molar-refractivity contribution is 8.00. The van der Waals surface area contributed by atoms with E-state index in [4.69, 9.17) is 17.3 Å². The number of carbonyl (C=O) groups is 2. The topological polar surface area (TPSA) is 75.4 Å². The summed E-state index contributed by atoms with van der Waals surface area (Å²) in [6.45, 7) is 2.47. The number of anilines is 1. The minimum Gasteiger partial charge on any atom is -0.369 e. The summed E-state index contributed by atoms with van der Waals surface area (Å²) >= 11 is 7.52. The maximum atomic E-state index is 12.2. The van der Waals surface area contributed by atoms with Crippen LogP contribution in [0.3, 0.4) is 0 Å². The number of piperidine rings is 1. The number of nitrogens with zero attached hydrogens (tertiary/aromatic N) is 1. The van der Waals surface area contributed by atoms with Gasteiger partial charge in [0.05, 0.1) is 16.7 Å². The number of nitrogens with two attached hydrogens (primary N) is 1. The summed E-state index contributed by atoms with van der Waals surface area (Å²) in [5.74, 6) is -0.0355. The number of halogens is 1. The van der Waals surface area contributed by atoms with Crippen LogP contribution in [0.15, 0.2) is 53.4 Å². The van der Waals surface area contributed by atoms with E-state index in [0.29, 0.717) is 17.3 Å². The number of amides is 2. The second-order valence-electron chi connectivity index (χ2n) is 6.94. The first kappa shape index (κ1) is 20.7. The lowest BCUT2D eigenvalue weighted by atomic mass is 9.97. The fraction of sp³-hybridized carbons (Fsp3) is 0.333. The Kier molecular flexibility index (Phi) is 7.36. The minimum atomic E-state index is -0.211. The molecule has 1 aliphatic heterocycles. The van der Waals surface area contributed by atoms with Gasteiger partial charge in [0.15, 0.2) is 0 Å². The number of hydrogen-bond acceptors (Lipinski definition) is 4. The lowest BCUT2D eigenvalue weighted by Crippen LogP contribution is -2.40. The van der Waals surface area contributed by atoms with Gasteiger partial charge in [0.2, 0.25) is 11.8 Å². The zero-order valence-corrected chi connectivity index (χ0v) is 17.1. The third kappa shape index (κ3) is 5.99. The Morgan fingerprint density at radius 2 is 1.93 bits per heavy atom. The summed E-state index contributed by atoms with van der Waals surface area (Å²) in [6, 6.07) is 15.3. The number of thioether (sulfide) groups is 1. The summed E-state index contributed by atoms with van der Waals surface area (Å²) in [6.07, 6.45) is 1.87. The van der Waals surface area contributed by atoms with E-state index in [9.17, 15) is 9.59 Å². The molecule has 2 amide bonds. The molecule has 1 heterocycles. The molecule has 2 aromatic rings. The molecule has 1 aliphatic rings. The number of nitrogens with one attached hydrogen (secondary N) is 1. The lowest BCUT2D eigenvalue weighted by molar-refractivity contribution is -0.123. The van der Waals surface area contributed by atoms with Crippen molar-refractivity contribution >= 4 is 40.9 Å². The maximum Gasteiger partial charge on any atom is 0.234 e. The third-order valence-electron chi connectivity index (χ3n) is 4.75. The summed E-state index contributed by atoms with van der Waals surface area (Å²) < 4.78 is 0. The van der Waals surface area contributed by atoms with Gasteiger partial charge in [-0.15, -0.1) is 11.8 Å². The Labute approximate surface area is 174 Å². The summed E-state index contributed by atoms with van der Waals surface area (Å²) in [4.78, 5) is 26.7. The van der Waals surface area contributed by atoms with Gasteiger partial charge in [-0.25, -0.2) is 0 Å². The number of carbonyl (C=O) groups excluding carboxylic acids is 2. The predicted molar refractivity (Wildman–Crippen MR) is 114 cm³/mol. The predicted octanol–water partition coefficient (Wildman–Crippen LogP) is 3.77. The van der Waals surface area contributed by atoms with Crippen LogP contribution in [0, 0.1) is 5.92 Å². The highest BCUT2D eigenvalue weighted by atomic mass is 35.5. The van der Waals surface area contributed by atoms with Crippen molar-refractivity contribution in [1.82, 2.24) is 4.90 Å². The Balaban J connectivity index is 1.48. The molecule has 0 bridgehead atoms. The molecule has 3 N–H and O–H groups in total. The van der Waals surface area contributed by atoms with Crippen molar-refractivity contribution in [2.45, 2.75) is 24.3 Å². The van der Waals surface area contributed by atoms with E-state index >= 15 is 0 Å². The molecule has 148 valence electrons. The molecule has 1 fully saturated rings. The largest absolute Gasteiger partial charge is 0.369 e. The zero-order valence-electron chi connectivity index (χ0n) is 15.6. The van der Waals surface area contributed by atoms with E-state index in [0.717, 1.165) is 42.1 Å². The van der Waals surface area contributed by atoms with Crippen LogP contribution in [0.25, 0.3) is 0 Å². The molecule has 0 unspecified atom stereocenters. The second kappa shape index (κ2) is 9.96. The summed E-state index contributed by atoms with van der Waals surface area (Å²) in [5, 5.41) is 3.56. The van der Waals surface area contributed by atoms with Gasteiger partial charge >= 0.3 is 0 Å². The van der Waals surface area contributed by atoms with Gasteiger partial charge in [0.25, 0.3) is 0 Å². The first-order valence-electron chi connectivity index (χ1n) is 9.29. The third-order valence-corrected chi connectivity index (χ3v) is 6.26. The Morgan fingerprint density at radius 3 is 2.64 bits per heavy atom. The van der Waals surface area contributed by atoms with E-state index in [-0.39, 0.29) is 17.7 Å². The van der Waals surface area contributed by atoms with Crippen LogP contribution in [0.1, 0.15) is 18.4 Å². The zero-order chi connectivity index (χ0) is 19.9. The second-order valence-corrected chi connectivity index (χ2v) is 8.37. The summed E-state index contributed by atoms with van der Waals surface area (Å²) in [5.41, 5.74) is 7.36. The average Bonchev–Trinajstić information content (AvgIpc) is 2.69. The van der Waals surface area contributed by atoms with Crippen LogP contribution in [0.2, 0.25) is 5.02 Å². The standard InChI is InChI=1S/C21H24ClN3O2S/c22-18-5-1-2-6-19(18)28-14-20(26)24-17-9-7-15(8-10-17)12-25-11-3-4-16(13-25)21(23)27/h1-2,5-10,16H,3-4,11-14H2,(H2,23,27)(H,24,26)/t16-/m0/s1. The molecule has 3 rings (SSSR count). The highest BCUT2D eigenvalue weighted by Gasteiger charge is 2.23. The molecule has 0 spiro atoms. The van der Waals surface area contributed by atoms with Crippen LogP contribution in [-0.2, 0) is 16.1 Å². The number of likely N-dealkylation sites (tertiary alicyclic amines) is 1. The molecule has 1 atom stereocenters.